The van der Waals surface area contributed by atoms with Crippen LogP contribution in [-0.4, -0.2) is 11.7 Å². The maximum atomic E-state index is 11.4. The predicted molar refractivity (Wildman–Crippen MR) is 66.6 cm³/mol. The number of nitrogens with two attached hydrogens (primary N) is 1. The molecule has 1 atom stereocenters. The van der Waals surface area contributed by atoms with Crippen LogP contribution in [0.3, 0.4) is 0 Å². The number of carbonyl (C=O) groups excluding carboxylic acids is 1. The van der Waals surface area contributed by atoms with E-state index in [2.05, 4.69) is 26.3 Å². The molecule has 0 aromatic carbocycles. The van der Waals surface area contributed by atoms with Gasteiger partial charge < -0.3 is 4.74 Å². The quantitative estimate of drug-likeness (QED) is 0.311. The molecule has 0 spiro atoms. The van der Waals surface area contributed by atoms with Crippen molar-refractivity contribution in [3.05, 3.63) is 49.6 Å². The van der Waals surface area contributed by atoms with Gasteiger partial charge in [0.05, 0.1) is 0 Å². The third-order valence-electron chi connectivity index (χ3n) is 2.06. The van der Waals surface area contributed by atoms with E-state index in [9.17, 15) is 4.79 Å². The Labute approximate surface area is 97.0 Å². The lowest BCUT2D eigenvalue weighted by Crippen LogP contribution is -2.45. The molecular weight excluding hydrogens is 202 g/mol. The Morgan fingerprint density at radius 2 is 1.94 bits per heavy atom. The van der Waals surface area contributed by atoms with Crippen LogP contribution in [0.25, 0.3) is 0 Å². The van der Waals surface area contributed by atoms with Crippen LogP contribution in [0.5, 0.6) is 0 Å². The van der Waals surface area contributed by atoms with Crippen molar-refractivity contribution < 1.29 is 9.53 Å². The van der Waals surface area contributed by atoms with E-state index in [4.69, 9.17) is 10.5 Å². The molecule has 1 unspecified atom stereocenters. The molecule has 0 aliphatic rings. The maximum Gasteiger partial charge on any atom is 0.335 e. The topological polar surface area (TPSA) is 52.3 Å². The van der Waals surface area contributed by atoms with Crippen molar-refractivity contribution in [2.24, 2.45) is 5.73 Å². The van der Waals surface area contributed by atoms with Gasteiger partial charge in [0, 0.05) is 12.0 Å². The summed E-state index contributed by atoms with van der Waals surface area (Å²) in [6, 6.07) is 0. The van der Waals surface area contributed by atoms with Crippen LogP contribution >= 0.6 is 0 Å². The van der Waals surface area contributed by atoms with Crippen molar-refractivity contribution in [1.82, 2.24) is 0 Å². The van der Waals surface area contributed by atoms with Gasteiger partial charge in [-0.15, -0.1) is 13.2 Å². The van der Waals surface area contributed by atoms with Crippen molar-refractivity contribution in [1.29, 1.82) is 0 Å². The molecular formula is C13H19NO2. The molecule has 0 radical (unpaired) electrons. The van der Waals surface area contributed by atoms with Gasteiger partial charge in [0.15, 0.2) is 5.72 Å². The Kier molecular flexibility index (Phi) is 5.47. The summed E-state index contributed by atoms with van der Waals surface area (Å²) < 4.78 is 5.17. The maximum absolute atomic E-state index is 11.4. The summed E-state index contributed by atoms with van der Waals surface area (Å²) >= 11 is 0. The SMILES string of the molecule is C=CCC(=C)C(N)(CC=C)OC(=O)C(=C)C. The van der Waals surface area contributed by atoms with Crippen LogP contribution in [0, 0.1) is 0 Å². The lowest BCUT2D eigenvalue weighted by atomic mass is 9.98. The number of esters is 1. The predicted octanol–water partition coefficient (Wildman–Crippen LogP) is 2.47. The van der Waals surface area contributed by atoms with Gasteiger partial charge in [-0.1, -0.05) is 25.3 Å². The van der Waals surface area contributed by atoms with Crippen molar-refractivity contribution >= 4 is 5.97 Å². The van der Waals surface area contributed by atoms with Crippen LogP contribution < -0.4 is 5.73 Å². The average Bonchev–Trinajstić information content (AvgIpc) is 2.18. The fourth-order valence-corrected chi connectivity index (χ4v) is 1.07. The van der Waals surface area contributed by atoms with E-state index < -0.39 is 11.7 Å². The number of hydrogen-bond acceptors (Lipinski definition) is 3. The minimum Gasteiger partial charge on any atom is -0.436 e. The Bertz CT molecular complexity index is 331. The molecule has 0 aliphatic heterocycles. The summed E-state index contributed by atoms with van der Waals surface area (Å²) in [6.07, 6.45) is 4.02. The van der Waals surface area contributed by atoms with E-state index in [-0.39, 0.29) is 0 Å². The van der Waals surface area contributed by atoms with E-state index in [1.807, 2.05) is 0 Å². The molecule has 0 fully saturated rings. The number of allylic oxidation sites excluding steroid dienone is 1. The van der Waals surface area contributed by atoms with Crippen molar-refractivity contribution in [2.45, 2.75) is 25.5 Å². The van der Waals surface area contributed by atoms with Crippen LogP contribution in [0.2, 0.25) is 0 Å². The van der Waals surface area contributed by atoms with E-state index in [0.29, 0.717) is 24.0 Å². The van der Waals surface area contributed by atoms with E-state index in [1.54, 1.807) is 19.1 Å². The van der Waals surface area contributed by atoms with Crippen LogP contribution in [-0.2, 0) is 9.53 Å². The van der Waals surface area contributed by atoms with Crippen LogP contribution in [0.15, 0.2) is 49.6 Å². The first kappa shape index (κ1) is 14.4. The van der Waals surface area contributed by atoms with Gasteiger partial charge in [-0.2, -0.15) is 0 Å². The average molecular weight is 221 g/mol. The third kappa shape index (κ3) is 3.87. The first-order chi connectivity index (χ1) is 7.37. The molecule has 3 nitrogen and oxygen atoms in total. The van der Waals surface area contributed by atoms with E-state index in [0.717, 1.165) is 0 Å². The fraction of sp³-hybridized carbons (Fsp3) is 0.308. The van der Waals surface area contributed by atoms with Crippen molar-refractivity contribution in [3.63, 3.8) is 0 Å². The molecule has 0 aromatic heterocycles. The van der Waals surface area contributed by atoms with E-state index in [1.165, 1.54) is 0 Å². The lowest BCUT2D eigenvalue weighted by Gasteiger charge is -2.30. The lowest BCUT2D eigenvalue weighted by molar-refractivity contribution is -0.150. The highest BCUT2D eigenvalue weighted by Gasteiger charge is 2.31. The second-order valence-electron chi connectivity index (χ2n) is 3.65. The summed E-state index contributed by atoms with van der Waals surface area (Å²) in [5.74, 6) is -0.533. The second-order valence-corrected chi connectivity index (χ2v) is 3.65. The van der Waals surface area contributed by atoms with Crippen LogP contribution in [0.1, 0.15) is 19.8 Å². The number of hydrogen-bond donors (Lipinski definition) is 1. The number of carbonyl (C=O) groups is 1. The second kappa shape index (κ2) is 6.08. The molecule has 0 aliphatic carbocycles. The largest absolute Gasteiger partial charge is 0.436 e. The minimum absolute atomic E-state index is 0.297. The minimum atomic E-state index is -1.23. The molecule has 0 saturated heterocycles. The highest BCUT2D eigenvalue weighted by Crippen LogP contribution is 2.23. The van der Waals surface area contributed by atoms with Crippen LogP contribution in [0.4, 0.5) is 0 Å². The van der Waals surface area contributed by atoms with Gasteiger partial charge in [0.25, 0.3) is 0 Å². The Morgan fingerprint density at radius 3 is 2.31 bits per heavy atom. The molecule has 0 bridgehead atoms. The molecule has 88 valence electrons. The van der Waals surface area contributed by atoms with Gasteiger partial charge in [0.2, 0.25) is 0 Å². The summed E-state index contributed by atoms with van der Waals surface area (Å²) in [7, 11) is 0. The standard InChI is InChI=1S/C13H19NO2/c1-6-8-11(5)13(14,9-7-2)16-12(15)10(3)4/h6-7H,1-3,5,8-9,14H2,4H3. The monoisotopic (exact) mass is 221 g/mol. The van der Waals surface area contributed by atoms with Gasteiger partial charge in [-0.25, -0.2) is 4.79 Å². The van der Waals surface area contributed by atoms with Gasteiger partial charge in [0.1, 0.15) is 0 Å². The van der Waals surface area contributed by atoms with Gasteiger partial charge in [-0.05, 0) is 18.9 Å². The zero-order valence-electron chi connectivity index (χ0n) is 9.79. The zero-order valence-corrected chi connectivity index (χ0v) is 9.79. The summed E-state index contributed by atoms with van der Waals surface area (Å²) in [5.41, 5.74) is 5.62. The van der Waals surface area contributed by atoms with E-state index >= 15 is 0 Å². The summed E-state index contributed by atoms with van der Waals surface area (Å²) in [6.45, 7) is 16.0. The smallest absolute Gasteiger partial charge is 0.335 e. The molecule has 0 heterocycles. The summed E-state index contributed by atoms with van der Waals surface area (Å²) in [5, 5.41) is 0. The Balaban J connectivity index is 4.87. The van der Waals surface area contributed by atoms with Crippen molar-refractivity contribution in [3.8, 4) is 0 Å². The highest BCUT2D eigenvalue weighted by molar-refractivity contribution is 5.87. The molecule has 0 rings (SSSR count). The first-order valence-electron chi connectivity index (χ1n) is 4.95. The third-order valence-corrected chi connectivity index (χ3v) is 2.06. The zero-order chi connectivity index (χ0) is 12.8. The first-order valence-corrected chi connectivity index (χ1v) is 4.95. The molecule has 3 heteroatoms. The highest BCUT2D eigenvalue weighted by atomic mass is 16.6. The fourth-order valence-electron chi connectivity index (χ4n) is 1.07. The molecule has 16 heavy (non-hydrogen) atoms. The number of rotatable bonds is 7. The Morgan fingerprint density at radius 1 is 1.38 bits per heavy atom. The van der Waals surface area contributed by atoms with Crippen molar-refractivity contribution in [2.75, 3.05) is 0 Å². The van der Waals surface area contributed by atoms with Gasteiger partial charge >= 0.3 is 5.97 Å². The molecule has 0 amide bonds. The normalized spacial score (nSPS) is 13.4. The number of ether oxygens (including phenoxy) is 1. The molecule has 0 aromatic rings. The van der Waals surface area contributed by atoms with Gasteiger partial charge in [-0.3, -0.25) is 5.73 Å². The molecule has 2 N–H and O–H groups in total. The molecule has 0 saturated carbocycles. The summed E-state index contributed by atoms with van der Waals surface area (Å²) in [4.78, 5) is 11.4. The Hall–Kier alpha value is -1.61.